The Labute approximate surface area is 186 Å². The van der Waals surface area contributed by atoms with Gasteiger partial charge in [0.2, 0.25) is 0 Å². The lowest BCUT2D eigenvalue weighted by atomic mass is 9.93. The lowest BCUT2D eigenvalue weighted by Gasteiger charge is -2.40. The van der Waals surface area contributed by atoms with Gasteiger partial charge in [-0.1, -0.05) is 36.4 Å². The predicted octanol–water partition coefficient (Wildman–Crippen LogP) is 3.60. The molecular weight excluding hydrogens is 386 g/mol. The zero-order chi connectivity index (χ0) is 21.5. The van der Waals surface area contributed by atoms with Crippen molar-refractivity contribution in [2.75, 3.05) is 44.2 Å². The lowest BCUT2D eigenvalue weighted by Crippen LogP contribution is -2.57. The number of piperidine rings is 1. The highest BCUT2D eigenvalue weighted by Crippen LogP contribution is 2.22. The van der Waals surface area contributed by atoms with Gasteiger partial charge in [-0.05, 0) is 62.9 Å². The van der Waals surface area contributed by atoms with Crippen LogP contribution in [0.1, 0.15) is 31.7 Å². The number of aromatic nitrogens is 1. The number of benzene rings is 1. The van der Waals surface area contributed by atoms with Gasteiger partial charge >= 0.3 is 6.03 Å². The smallest absolute Gasteiger partial charge is 0.317 e. The first-order valence-electron chi connectivity index (χ1n) is 11.7. The van der Waals surface area contributed by atoms with E-state index in [9.17, 15) is 4.79 Å². The summed E-state index contributed by atoms with van der Waals surface area (Å²) in [5.41, 5.74) is 1.39. The predicted molar refractivity (Wildman–Crippen MR) is 125 cm³/mol. The molecule has 0 radical (unpaired) electrons. The third-order valence-electron chi connectivity index (χ3n) is 6.65. The number of urea groups is 1. The average molecular weight is 422 g/mol. The SMILES string of the molecule is C[C@@H]1CN(c2ccccn2)CCN1C(=O)NCCC1CCN(Cc2ccccc2)CC1. The third-order valence-corrected chi connectivity index (χ3v) is 6.65. The first-order chi connectivity index (χ1) is 15.2. The Morgan fingerprint density at radius 2 is 1.81 bits per heavy atom. The summed E-state index contributed by atoms with van der Waals surface area (Å²) >= 11 is 0. The Bertz CT molecular complexity index is 807. The van der Waals surface area contributed by atoms with Crippen LogP contribution in [-0.4, -0.2) is 66.1 Å². The van der Waals surface area contributed by atoms with Crippen molar-refractivity contribution in [2.24, 2.45) is 5.92 Å². The second-order valence-electron chi connectivity index (χ2n) is 8.90. The van der Waals surface area contributed by atoms with Gasteiger partial charge < -0.3 is 15.1 Å². The molecule has 2 aliphatic rings. The molecule has 2 aromatic rings. The maximum Gasteiger partial charge on any atom is 0.317 e. The summed E-state index contributed by atoms with van der Waals surface area (Å²) in [7, 11) is 0. The summed E-state index contributed by atoms with van der Waals surface area (Å²) in [4.78, 5) is 23.9. The van der Waals surface area contributed by atoms with E-state index in [2.05, 4.69) is 57.4 Å². The Hall–Kier alpha value is -2.60. The van der Waals surface area contributed by atoms with Gasteiger partial charge in [-0.25, -0.2) is 9.78 Å². The number of carbonyl (C=O) groups is 1. The summed E-state index contributed by atoms with van der Waals surface area (Å²) in [5, 5.41) is 3.17. The molecule has 0 spiro atoms. The van der Waals surface area contributed by atoms with Gasteiger partial charge in [-0.2, -0.15) is 0 Å². The first kappa shape index (κ1) is 21.6. The van der Waals surface area contributed by atoms with Crippen molar-refractivity contribution in [3.63, 3.8) is 0 Å². The molecule has 0 saturated carbocycles. The molecule has 1 N–H and O–H groups in total. The highest BCUT2D eigenvalue weighted by atomic mass is 16.2. The molecule has 1 atom stereocenters. The molecule has 1 aromatic heterocycles. The second kappa shape index (κ2) is 10.6. The number of hydrogen-bond acceptors (Lipinski definition) is 4. The fourth-order valence-corrected chi connectivity index (χ4v) is 4.77. The van der Waals surface area contributed by atoms with Crippen molar-refractivity contribution in [1.82, 2.24) is 20.1 Å². The molecule has 3 heterocycles. The van der Waals surface area contributed by atoms with Gasteiger partial charge in [-0.3, -0.25) is 4.90 Å². The fourth-order valence-electron chi connectivity index (χ4n) is 4.77. The van der Waals surface area contributed by atoms with Gasteiger partial charge in [-0.15, -0.1) is 0 Å². The number of rotatable bonds is 6. The summed E-state index contributed by atoms with van der Waals surface area (Å²) in [6, 6.07) is 17.0. The zero-order valence-electron chi connectivity index (χ0n) is 18.6. The minimum absolute atomic E-state index is 0.0784. The molecule has 0 unspecified atom stereocenters. The molecule has 0 aliphatic carbocycles. The van der Waals surface area contributed by atoms with E-state index < -0.39 is 0 Å². The highest BCUT2D eigenvalue weighted by Gasteiger charge is 2.28. The van der Waals surface area contributed by atoms with Crippen molar-refractivity contribution in [3.8, 4) is 0 Å². The number of anilines is 1. The topological polar surface area (TPSA) is 51.7 Å². The fraction of sp³-hybridized carbons (Fsp3) is 0.520. The molecule has 166 valence electrons. The summed E-state index contributed by atoms with van der Waals surface area (Å²) < 4.78 is 0. The molecule has 6 heteroatoms. The van der Waals surface area contributed by atoms with E-state index in [4.69, 9.17) is 0 Å². The summed E-state index contributed by atoms with van der Waals surface area (Å²) in [6.07, 6.45) is 5.35. The van der Waals surface area contributed by atoms with Crippen molar-refractivity contribution in [1.29, 1.82) is 0 Å². The molecule has 4 rings (SSSR count). The van der Waals surface area contributed by atoms with Crippen LogP contribution in [-0.2, 0) is 6.54 Å². The number of carbonyl (C=O) groups excluding carboxylic acids is 1. The van der Waals surface area contributed by atoms with Crippen LogP contribution in [0.25, 0.3) is 0 Å². The largest absolute Gasteiger partial charge is 0.353 e. The van der Waals surface area contributed by atoms with Crippen molar-refractivity contribution < 1.29 is 4.79 Å². The van der Waals surface area contributed by atoms with Gasteiger partial charge in [0.25, 0.3) is 0 Å². The highest BCUT2D eigenvalue weighted by molar-refractivity contribution is 5.74. The van der Waals surface area contributed by atoms with E-state index in [1.807, 2.05) is 29.3 Å². The molecule has 2 aliphatic heterocycles. The first-order valence-corrected chi connectivity index (χ1v) is 11.7. The number of nitrogens with one attached hydrogen (secondary N) is 1. The van der Waals surface area contributed by atoms with E-state index in [1.165, 1.54) is 18.4 Å². The Balaban J connectivity index is 1.14. The van der Waals surface area contributed by atoms with E-state index in [0.717, 1.165) is 58.1 Å². The Morgan fingerprint density at radius 3 is 2.52 bits per heavy atom. The maximum atomic E-state index is 12.7. The molecule has 6 nitrogen and oxygen atoms in total. The van der Waals surface area contributed by atoms with E-state index in [1.54, 1.807) is 0 Å². The van der Waals surface area contributed by atoms with Gasteiger partial charge in [0.15, 0.2) is 0 Å². The molecule has 2 fully saturated rings. The molecule has 31 heavy (non-hydrogen) atoms. The minimum atomic E-state index is 0.0784. The molecule has 0 bridgehead atoms. The lowest BCUT2D eigenvalue weighted by molar-refractivity contribution is 0.162. The molecule has 2 amide bonds. The summed E-state index contributed by atoms with van der Waals surface area (Å²) in [6.45, 7) is 8.64. The van der Waals surface area contributed by atoms with Crippen LogP contribution in [0.2, 0.25) is 0 Å². The molecule has 1 aromatic carbocycles. The maximum absolute atomic E-state index is 12.7. The standard InChI is InChI=1S/C25H35N5O/c1-21-19-29(24-9-5-6-13-26-24)17-18-30(21)25(31)27-14-10-22-11-15-28(16-12-22)20-23-7-3-2-4-8-23/h2-9,13,21-22H,10-12,14-20H2,1H3,(H,27,31)/t21-/m1/s1. The van der Waals surface area contributed by atoms with E-state index >= 15 is 0 Å². The van der Waals surface area contributed by atoms with Crippen molar-refractivity contribution in [3.05, 3.63) is 60.3 Å². The van der Waals surface area contributed by atoms with Crippen molar-refractivity contribution in [2.45, 2.75) is 38.8 Å². The van der Waals surface area contributed by atoms with Crippen LogP contribution in [0, 0.1) is 5.92 Å². The van der Waals surface area contributed by atoms with Crippen LogP contribution in [0.15, 0.2) is 54.7 Å². The van der Waals surface area contributed by atoms with Crippen molar-refractivity contribution >= 4 is 11.8 Å². The minimum Gasteiger partial charge on any atom is -0.353 e. The quantitative estimate of drug-likeness (QED) is 0.774. The second-order valence-corrected chi connectivity index (χ2v) is 8.90. The van der Waals surface area contributed by atoms with Gasteiger partial charge in [0.1, 0.15) is 5.82 Å². The number of likely N-dealkylation sites (tertiary alicyclic amines) is 1. The number of hydrogen-bond donors (Lipinski definition) is 1. The molecular formula is C25H35N5O. The number of pyridine rings is 1. The number of amides is 2. The van der Waals surface area contributed by atoms with Crippen LogP contribution < -0.4 is 10.2 Å². The van der Waals surface area contributed by atoms with Gasteiger partial charge in [0, 0.05) is 45.0 Å². The normalized spacial score (nSPS) is 20.6. The van der Waals surface area contributed by atoms with Crippen LogP contribution in [0.4, 0.5) is 10.6 Å². The monoisotopic (exact) mass is 421 g/mol. The zero-order valence-corrected chi connectivity index (χ0v) is 18.6. The van der Waals surface area contributed by atoms with Gasteiger partial charge in [0.05, 0.1) is 0 Å². The van der Waals surface area contributed by atoms with Crippen LogP contribution in [0.5, 0.6) is 0 Å². The van der Waals surface area contributed by atoms with E-state index in [-0.39, 0.29) is 12.1 Å². The van der Waals surface area contributed by atoms with Crippen LogP contribution >= 0.6 is 0 Å². The number of nitrogens with zero attached hydrogens (tertiary/aromatic N) is 4. The average Bonchev–Trinajstić information content (AvgIpc) is 2.81. The van der Waals surface area contributed by atoms with Crippen LogP contribution in [0.3, 0.4) is 0 Å². The molecule has 2 saturated heterocycles. The summed E-state index contributed by atoms with van der Waals surface area (Å²) in [5.74, 6) is 1.71. The Kier molecular flexibility index (Phi) is 7.41. The van der Waals surface area contributed by atoms with E-state index in [0.29, 0.717) is 5.92 Å². The Morgan fingerprint density at radius 1 is 1.03 bits per heavy atom. The third kappa shape index (κ3) is 5.97. The number of piperazine rings is 1.